The largest absolute Gasteiger partial charge is 0.341 e. The van der Waals surface area contributed by atoms with Crippen molar-refractivity contribution in [1.82, 2.24) is 25.2 Å². The predicted molar refractivity (Wildman–Crippen MR) is 95.8 cm³/mol. The van der Waals surface area contributed by atoms with Gasteiger partial charge in [-0.05, 0) is 50.2 Å². The third kappa shape index (κ3) is 3.34. The number of likely N-dealkylation sites (tertiary alicyclic amines) is 1. The van der Waals surface area contributed by atoms with Crippen LogP contribution in [0.5, 0.6) is 0 Å². The van der Waals surface area contributed by atoms with Crippen LogP contribution >= 0.6 is 0 Å². The number of hydrogen-bond acceptors (Lipinski definition) is 4. The molecule has 1 aliphatic heterocycles. The number of nitrogens with one attached hydrogen (secondary N) is 1. The van der Waals surface area contributed by atoms with E-state index >= 15 is 0 Å². The maximum absolute atomic E-state index is 12.6. The number of benzene rings is 1. The first-order chi connectivity index (χ1) is 12.6. The van der Waals surface area contributed by atoms with E-state index in [-0.39, 0.29) is 17.5 Å². The lowest BCUT2D eigenvalue weighted by Gasteiger charge is -2.33. The van der Waals surface area contributed by atoms with Crippen LogP contribution in [0.1, 0.15) is 43.1 Å². The number of piperidine rings is 1. The van der Waals surface area contributed by atoms with Gasteiger partial charge in [0.05, 0.1) is 11.9 Å². The molecule has 1 saturated heterocycles. The monoisotopic (exact) mass is 353 g/mol. The van der Waals surface area contributed by atoms with E-state index in [2.05, 4.69) is 15.5 Å². The topological polar surface area (TPSA) is 80.1 Å². The summed E-state index contributed by atoms with van der Waals surface area (Å²) in [6.45, 7) is 3.32. The van der Waals surface area contributed by atoms with Crippen LogP contribution in [0.2, 0.25) is 0 Å². The van der Waals surface area contributed by atoms with Gasteiger partial charge in [0.25, 0.3) is 5.91 Å². The van der Waals surface area contributed by atoms with Crippen LogP contribution in [0.15, 0.2) is 36.5 Å². The average molecular weight is 353 g/mol. The summed E-state index contributed by atoms with van der Waals surface area (Å²) in [5.41, 5.74) is 1.50. The maximum Gasteiger partial charge on any atom is 0.274 e. The van der Waals surface area contributed by atoms with Gasteiger partial charge < -0.3 is 10.2 Å². The second-order valence-corrected chi connectivity index (χ2v) is 7.38. The predicted octanol–water partition coefficient (Wildman–Crippen LogP) is 1.79. The molecule has 26 heavy (non-hydrogen) atoms. The van der Waals surface area contributed by atoms with E-state index in [9.17, 15) is 9.59 Å². The summed E-state index contributed by atoms with van der Waals surface area (Å²) in [4.78, 5) is 28.3. The highest BCUT2D eigenvalue weighted by Gasteiger charge is 2.45. The van der Waals surface area contributed by atoms with Gasteiger partial charge in [-0.1, -0.05) is 18.2 Å². The molecule has 1 aromatic heterocycles. The Morgan fingerprint density at radius 2 is 1.81 bits per heavy atom. The Hall–Kier alpha value is -2.70. The fourth-order valence-corrected chi connectivity index (χ4v) is 3.54. The number of hydrogen-bond donors (Lipinski definition) is 1. The summed E-state index contributed by atoms with van der Waals surface area (Å²) in [6, 6.07) is 8.80. The highest BCUT2D eigenvalue weighted by Crippen LogP contribution is 2.53. The summed E-state index contributed by atoms with van der Waals surface area (Å²) in [5.74, 6) is -0.409. The molecule has 0 radical (unpaired) electrons. The van der Waals surface area contributed by atoms with Crippen molar-refractivity contribution in [3.63, 3.8) is 0 Å². The van der Waals surface area contributed by atoms with Gasteiger partial charge in [-0.2, -0.15) is 9.90 Å². The molecule has 1 atom stereocenters. The summed E-state index contributed by atoms with van der Waals surface area (Å²) < 4.78 is 0. The highest BCUT2D eigenvalue weighted by atomic mass is 16.2. The van der Waals surface area contributed by atoms with Crippen LogP contribution < -0.4 is 5.32 Å². The van der Waals surface area contributed by atoms with E-state index < -0.39 is 6.04 Å². The van der Waals surface area contributed by atoms with E-state index in [0.717, 1.165) is 31.6 Å². The third-order valence-corrected chi connectivity index (χ3v) is 5.52. The molecular formula is C19H23N5O2. The van der Waals surface area contributed by atoms with Crippen LogP contribution in [0.3, 0.4) is 0 Å². The Morgan fingerprint density at radius 1 is 1.12 bits per heavy atom. The molecule has 1 spiro atoms. The molecule has 4 rings (SSSR count). The first-order valence-corrected chi connectivity index (χ1v) is 9.14. The van der Waals surface area contributed by atoms with Gasteiger partial charge in [0.2, 0.25) is 5.91 Å². The second kappa shape index (κ2) is 6.55. The van der Waals surface area contributed by atoms with Crippen LogP contribution in [0, 0.1) is 5.41 Å². The van der Waals surface area contributed by atoms with Gasteiger partial charge in [-0.15, -0.1) is 5.10 Å². The molecule has 1 saturated carbocycles. The van der Waals surface area contributed by atoms with E-state index in [0.29, 0.717) is 5.41 Å². The van der Waals surface area contributed by atoms with Gasteiger partial charge in [-0.3, -0.25) is 9.59 Å². The zero-order chi connectivity index (χ0) is 18.1. The van der Waals surface area contributed by atoms with E-state index in [1.165, 1.54) is 23.8 Å². The highest BCUT2D eigenvalue weighted by molar-refractivity contribution is 5.95. The molecule has 0 unspecified atom stereocenters. The van der Waals surface area contributed by atoms with Gasteiger partial charge in [0.15, 0.2) is 5.69 Å². The number of rotatable bonds is 4. The third-order valence-electron chi connectivity index (χ3n) is 5.52. The number of amides is 2. The fraction of sp³-hybridized carbons (Fsp3) is 0.474. The SMILES string of the molecule is C[C@@H](NC(=O)c1cnn(-c2ccccc2)n1)C(=O)N1CCC2(CC1)CC2. The van der Waals surface area contributed by atoms with E-state index in [1.807, 2.05) is 35.2 Å². The van der Waals surface area contributed by atoms with E-state index in [1.54, 1.807) is 6.92 Å². The Kier molecular flexibility index (Phi) is 4.22. The lowest BCUT2D eigenvalue weighted by atomic mass is 9.93. The summed E-state index contributed by atoms with van der Waals surface area (Å²) in [5, 5.41) is 11.1. The number of aromatic nitrogens is 3. The van der Waals surface area contributed by atoms with Crippen molar-refractivity contribution in [1.29, 1.82) is 0 Å². The van der Waals surface area contributed by atoms with E-state index in [4.69, 9.17) is 0 Å². The number of para-hydroxylation sites is 1. The van der Waals surface area contributed by atoms with Crippen molar-refractivity contribution in [2.45, 2.75) is 38.6 Å². The quantitative estimate of drug-likeness (QED) is 0.909. The molecular weight excluding hydrogens is 330 g/mol. The average Bonchev–Trinajstić information content (AvgIpc) is 3.23. The standard InChI is InChI=1S/C19H23N5O2/c1-14(18(26)23-11-9-19(7-8-19)10-12-23)21-17(25)16-13-20-24(22-16)15-5-3-2-4-6-15/h2-6,13-14H,7-12H2,1H3,(H,21,25)/t14-/m1/s1. The zero-order valence-corrected chi connectivity index (χ0v) is 14.9. The Morgan fingerprint density at radius 3 is 2.46 bits per heavy atom. The van der Waals surface area contributed by atoms with Gasteiger partial charge in [-0.25, -0.2) is 0 Å². The molecule has 2 aromatic rings. The fourth-order valence-electron chi connectivity index (χ4n) is 3.54. The zero-order valence-electron chi connectivity index (χ0n) is 14.9. The maximum atomic E-state index is 12.6. The van der Waals surface area contributed by atoms with Crippen molar-refractivity contribution in [3.8, 4) is 5.69 Å². The Balaban J connectivity index is 1.35. The molecule has 2 amide bonds. The van der Waals surface area contributed by atoms with Crippen LogP contribution in [-0.2, 0) is 4.79 Å². The minimum atomic E-state index is -0.572. The summed E-state index contributed by atoms with van der Waals surface area (Å²) >= 11 is 0. The van der Waals surface area contributed by atoms with Gasteiger partial charge in [0, 0.05) is 13.1 Å². The second-order valence-electron chi connectivity index (χ2n) is 7.38. The van der Waals surface area contributed by atoms with Crippen LogP contribution in [0.25, 0.3) is 5.69 Å². The Labute approximate surface area is 152 Å². The molecule has 1 N–H and O–H groups in total. The minimum absolute atomic E-state index is 0.0238. The van der Waals surface area contributed by atoms with Gasteiger partial charge in [0.1, 0.15) is 6.04 Å². The summed E-state index contributed by atoms with van der Waals surface area (Å²) in [7, 11) is 0. The molecule has 0 bridgehead atoms. The molecule has 7 nitrogen and oxygen atoms in total. The minimum Gasteiger partial charge on any atom is -0.341 e. The molecule has 2 fully saturated rings. The molecule has 7 heteroatoms. The lowest BCUT2D eigenvalue weighted by molar-refractivity contribution is -0.134. The number of carbonyl (C=O) groups is 2. The van der Waals surface area contributed by atoms with Crippen molar-refractivity contribution in [2.75, 3.05) is 13.1 Å². The van der Waals surface area contributed by atoms with Crippen molar-refractivity contribution in [3.05, 3.63) is 42.2 Å². The van der Waals surface area contributed by atoms with Crippen molar-refractivity contribution < 1.29 is 9.59 Å². The number of nitrogens with zero attached hydrogens (tertiary/aromatic N) is 4. The normalized spacial score (nSPS) is 19.2. The van der Waals surface area contributed by atoms with Crippen molar-refractivity contribution >= 4 is 11.8 Å². The van der Waals surface area contributed by atoms with Gasteiger partial charge >= 0.3 is 0 Å². The van der Waals surface area contributed by atoms with Crippen LogP contribution in [0.4, 0.5) is 0 Å². The smallest absolute Gasteiger partial charge is 0.274 e. The lowest BCUT2D eigenvalue weighted by Crippen LogP contribution is -2.49. The molecule has 1 aromatic carbocycles. The Bertz CT molecular complexity index is 802. The number of carbonyl (C=O) groups excluding carboxylic acids is 2. The van der Waals surface area contributed by atoms with Crippen molar-refractivity contribution in [2.24, 2.45) is 5.41 Å². The van der Waals surface area contributed by atoms with Crippen LogP contribution in [-0.4, -0.2) is 50.8 Å². The first-order valence-electron chi connectivity index (χ1n) is 9.14. The molecule has 2 aliphatic rings. The molecule has 2 heterocycles. The first kappa shape index (κ1) is 16.8. The molecule has 136 valence electrons. The summed E-state index contributed by atoms with van der Waals surface area (Å²) in [6.07, 6.45) is 6.20. The molecule has 1 aliphatic carbocycles.